The summed E-state index contributed by atoms with van der Waals surface area (Å²) in [6.07, 6.45) is 0. The zero-order valence-electron chi connectivity index (χ0n) is 13.7. The Labute approximate surface area is 143 Å². The zero-order valence-corrected chi connectivity index (χ0v) is 13.7. The third-order valence-corrected chi connectivity index (χ3v) is 3.91. The first kappa shape index (κ1) is 15.3. The Morgan fingerprint density at radius 2 is 1.96 bits per heavy atom. The maximum absolute atomic E-state index is 5.89. The minimum atomic E-state index is 0.149. The van der Waals surface area contributed by atoms with Crippen molar-refractivity contribution in [2.75, 3.05) is 5.73 Å². The molecular formula is C17H17N7O. The quantitative estimate of drug-likeness (QED) is 0.584. The maximum Gasteiger partial charge on any atom is 0.222 e. The molecule has 0 fully saturated rings. The number of nitrogens with two attached hydrogens (primary N) is 2. The number of rotatable bonds is 4. The molecule has 126 valence electrons. The van der Waals surface area contributed by atoms with Gasteiger partial charge in [0.05, 0.1) is 6.54 Å². The van der Waals surface area contributed by atoms with E-state index in [1.807, 2.05) is 43.3 Å². The van der Waals surface area contributed by atoms with Gasteiger partial charge in [-0.2, -0.15) is 4.98 Å². The van der Waals surface area contributed by atoms with E-state index < -0.39 is 0 Å². The number of hydrogen-bond donors (Lipinski definition) is 2. The lowest BCUT2D eigenvalue weighted by molar-refractivity contribution is 0.547. The number of furan rings is 1. The van der Waals surface area contributed by atoms with Gasteiger partial charge in [0.25, 0.3) is 0 Å². The van der Waals surface area contributed by atoms with Gasteiger partial charge in [0.1, 0.15) is 11.5 Å². The number of hydrogen-bond acceptors (Lipinski definition) is 7. The molecule has 0 spiro atoms. The van der Waals surface area contributed by atoms with E-state index in [9.17, 15) is 0 Å². The van der Waals surface area contributed by atoms with Gasteiger partial charge in [-0.05, 0) is 30.2 Å². The molecule has 3 aromatic heterocycles. The van der Waals surface area contributed by atoms with E-state index in [1.54, 1.807) is 4.68 Å². The summed E-state index contributed by atoms with van der Waals surface area (Å²) >= 11 is 0. The van der Waals surface area contributed by atoms with E-state index in [4.69, 9.17) is 15.9 Å². The predicted octanol–water partition coefficient (Wildman–Crippen LogP) is 1.88. The van der Waals surface area contributed by atoms with Crippen molar-refractivity contribution in [1.29, 1.82) is 0 Å². The van der Waals surface area contributed by atoms with Crippen LogP contribution in [-0.2, 0) is 13.1 Å². The van der Waals surface area contributed by atoms with E-state index >= 15 is 0 Å². The molecule has 4 rings (SSSR count). The average Bonchev–Trinajstić information content (AvgIpc) is 3.21. The van der Waals surface area contributed by atoms with Crippen LogP contribution in [0.4, 0.5) is 5.95 Å². The fourth-order valence-electron chi connectivity index (χ4n) is 2.74. The number of nitrogen functional groups attached to an aromatic ring is 1. The van der Waals surface area contributed by atoms with E-state index in [0.717, 1.165) is 16.9 Å². The number of fused-ring (bicyclic) bond motifs is 1. The summed E-state index contributed by atoms with van der Waals surface area (Å²) in [7, 11) is 0. The van der Waals surface area contributed by atoms with Crippen LogP contribution in [0.5, 0.6) is 0 Å². The Balaban J connectivity index is 1.80. The molecule has 0 saturated heterocycles. The number of nitrogens with zero attached hydrogens (tertiary/aromatic N) is 5. The molecule has 8 nitrogen and oxygen atoms in total. The topological polar surface area (TPSA) is 122 Å². The molecule has 4 N–H and O–H groups in total. The Kier molecular flexibility index (Phi) is 3.66. The monoisotopic (exact) mass is 335 g/mol. The van der Waals surface area contributed by atoms with Gasteiger partial charge in [0.2, 0.25) is 5.95 Å². The summed E-state index contributed by atoms with van der Waals surface area (Å²) in [5, 5.41) is 8.45. The first-order chi connectivity index (χ1) is 12.1. The average molecular weight is 335 g/mol. The Hall–Kier alpha value is -3.26. The normalized spacial score (nSPS) is 11.3. The lowest BCUT2D eigenvalue weighted by Crippen LogP contribution is -2.06. The highest BCUT2D eigenvalue weighted by Crippen LogP contribution is 2.27. The number of aromatic nitrogens is 5. The van der Waals surface area contributed by atoms with Gasteiger partial charge >= 0.3 is 0 Å². The smallest absolute Gasteiger partial charge is 0.222 e. The molecule has 0 radical (unpaired) electrons. The van der Waals surface area contributed by atoms with Crippen LogP contribution < -0.4 is 11.5 Å². The molecule has 0 saturated carbocycles. The molecule has 0 atom stereocenters. The molecule has 0 aliphatic rings. The second-order valence-electron chi connectivity index (χ2n) is 5.78. The maximum atomic E-state index is 5.89. The zero-order chi connectivity index (χ0) is 17.4. The number of anilines is 1. The highest BCUT2D eigenvalue weighted by molar-refractivity contribution is 5.86. The summed E-state index contributed by atoms with van der Waals surface area (Å²) in [5.74, 6) is 1.52. The lowest BCUT2D eigenvalue weighted by atomic mass is 10.1. The third kappa shape index (κ3) is 2.83. The van der Waals surface area contributed by atoms with Crippen LogP contribution in [0.25, 0.3) is 22.6 Å². The lowest BCUT2D eigenvalue weighted by Gasteiger charge is -2.05. The van der Waals surface area contributed by atoms with Crippen molar-refractivity contribution in [1.82, 2.24) is 25.0 Å². The van der Waals surface area contributed by atoms with E-state index in [2.05, 4.69) is 20.3 Å². The van der Waals surface area contributed by atoms with E-state index in [-0.39, 0.29) is 5.95 Å². The highest BCUT2D eigenvalue weighted by Gasteiger charge is 2.17. The van der Waals surface area contributed by atoms with Crippen molar-refractivity contribution >= 4 is 17.1 Å². The summed E-state index contributed by atoms with van der Waals surface area (Å²) in [6, 6.07) is 11.7. The Bertz CT molecular complexity index is 1050. The molecule has 8 heteroatoms. The molecule has 0 aliphatic heterocycles. The largest absolute Gasteiger partial charge is 0.460 e. The summed E-state index contributed by atoms with van der Waals surface area (Å²) < 4.78 is 7.35. The Morgan fingerprint density at radius 3 is 2.72 bits per heavy atom. The summed E-state index contributed by atoms with van der Waals surface area (Å²) in [6.45, 7) is 2.87. The Morgan fingerprint density at radius 1 is 1.12 bits per heavy atom. The van der Waals surface area contributed by atoms with Crippen LogP contribution in [0.15, 0.2) is 40.8 Å². The third-order valence-electron chi connectivity index (χ3n) is 3.91. The minimum Gasteiger partial charge on any atom is -0.460 e. The van der Waals surface area contributed by atoms with Gasteiger partial charge in [0.15, 0.2) is 16.9 Å². The molecule has 0 aliphatic carbocycles. The highest BCUT2D eigenvalue weighted by atomic mass is 16.3. The molecule has 0 unspecified atom stereocenters. The van der Waals surface area contributed by atoms with Gasteiger partial charge in [0, 0.05) is 6.54 Å². The van der Waals surface area contributed by atoms with Crippen molar-refractivity contribution in [3.8, 4) is 11.5 Å². The van der Waals surface area contributed by atoms with Gasteiger partial charge in [-0.15, -0.1) is 5.10 Å². The van der Waals surface area contributed by atoms with Crippen LogP contribution >= 0.6 is 0 Å². The van der Waals surface area contributed by atoms with Gasteiger partial charge in [-0.1, -0.05) is 29.5 Å². The van der Waals surface area contributed by atoms with Crippen LogP contribution in [0.1, 0.15) is 16.9 Å². The molecule has 0 amide bonds. The standard InChI is InChI=1S/C17H17N7O/c1-10-5-6-13(25-10)14-15-16(21-17(19)20-14)24(23-22-15)9-12-4-2-3-11(7-12)8-18/h2-7H,8-9,18H2,1H3,(H2,19,20,21). The van der Waals surface area contributed by atoms with E-state index in [0.29, 0.717) is 35.7 Å². The van der Waals surface area contributed by atoms with Gasteiger partial charge in [-0.3, -0.25) is 0 Å². The van der Waals surface area contributed by atoms with Crippen molar-refractivity contribution in [3.05, 3.63) is 53.3 Å². The fraction of sp³-hybridized carbons (Fsp3) is 0.176. The first-order valence-electron chi connectivity index (χ1n) is 7.85. The number of benzene rings is 1. The van der Waals surface area contributed by atoms with Gasteiger partial charge in [-0.25, -0.2) is 9.67 Å². The van der Waals surface area contributed by atoms with Crippen molar-refractivity contribution in [2.24, 2.45) is 5.73 Å². The first-order valence-corrected chi connectivity index (χ1v) is 7.85. The predicted molar refractivity (Wildman–Crippen MR) is 93.4 cm³/mol. The summed E-state index contributed by atoms with van der Waals surface area (Å²) in [5.41, 5.74) is 15.4. The van der Waals surface area contributed by atoms with Gasteiger partial charge < -0.3 is 15.9 Å². The molecular weight excluding hydrogens is 318 g/mol. The summed E-state index contributed by atoms with van der Waals surface area (Å²) in [4.78, 5) is 8.58. The molecule has 3 heterocycles. The molecule has 1 aromatic carbocycles. The van der Waals surface area contributed by atoms with Crippen molar-refractivity contribution < 1.29 is 4.42 Å². The fourth-order valence-corrected chi connectivity index (χ4v) is 2.74. The number of aryl methyl sites for hydroxylation is 1. The minimum absolute atomic E-state index is 0.149. The van der Waals surface area contributed by atoms with Crippen LogP contribution in [0.3, 0.4) is 0 Å². The molecule has 4 aromatic rings. The van der Waals surface area contributed by atoms with Crippen molar-refractivity contribution in [3.63, 3.8) is 0 Å². The van der Waals surface area contributed by atoms with E-state index in [1.165, 1.54) is 0 Å². The molecule has 25 heavy (non-hydrogen) atoms. The molecule has 0 bridgehead atoms. The SMILES string of the molecule is Cc1ccc(-c2nc(N)nc3c2nnn3Cc2cccc(CN)c2)o1. The van der Waals surface area contributed by atoms with Crippen LogP contribution in [0, 0.1) is 6.92 Å². The van der Waals surface area contributed by atoms with Crippen LogP contribution in [-0.4, -0.2) is 25.0 Å². The second kappa shape index (κ2) is 5.99. The van der Waals surface area contributed by atoms with Crippen LogP contribution in [0.2, 0.25) is 0 Å². The second-order valence-corrected chi connectivity index (χ2v) is 5.78. The van der Waals surface area contributed by atoms with Crippen molar-refractivity contribution in [2.45, 2.75) is 20.0 Å².